The van der Waals surface area contributed by atoms with E-state index < -0.39 is 0 Å². The molecule has 23 heavy (non-hydrogen) atoms. The molecule has 0 heterocycles. The van der Waals surface area contributed by atoms with Crippen molar-refractivity contribution in [3.63, 3.8) is 0 Å². The first kappa shape index (κ1) is 14.9. The minimum Gasteiger partial charge on any atom is -0.457 e. The summed E-state index contributed by atoms with van der Waals surface area (Å²) in [5.74, 6) is 1.54. The molecule has 0 saturated heterocycles. The number of nitrogens with one attached hydrogen (secondary N) is 1. The second-order valence-electron chi connectivity index (χ2n) is 5.43. The number of ether oxygens (including phenoxy) is 1. The van der Waals surface area contributed by atoms with Crippen LogP contribution in [0.1, 0.15) is 0 Å². The van der Waals surface area contributed by atoms with Gasteiger partial charge in [0.1, 0.15) is 11.5 Å². The zero-order valence-electron chi connectivity index (χ0n) is 13.1. The number of fused-ring (bicyclic) bond motifs is 1. The Morgan fingerprint density at radius 2 is 1.61 bits per heavy atom. The normalized spacial score (nSPS) is 10.3. The van der Waals surface area contributed by atoms with Crippen LogP contribution in [-0.2, 0) is 0 Å². The largest absolute Gasteiger partial charge is 0.457 e. The second-order valence-corrected chi connectivity index (χ2v) is 5.43. The molecule has 3 rings (SSSR count). The molecule has 0 aliphatic heterocycles. The minimum absolute atomic E-state index is 0.160. The number of carbonyl (C=O) groups excluding carboxylic acids is 1. The van der Waals surface area contributed by atoms with Gasteiger partial charge in [-0.15, -0.1) is 0 Å². The molecule has 0 aromatic heterocycles. The smallest absolute Gasteiger partial charge is 0.321 e. The molecule has 0 bridgehead atoms. The molecule has 4 heteroatoms. The van der Waals surface area contributed by atoms with Crippen molar-refractivity contribution in [2.75, 3.05) is 19.4 Å². The Balaban J connectivity index is 1.79. The molecule has 0 spiro atoms. The number of urea groups is 1. The molecule has 4 nitrogen and oxygen atoms in total. The molecule has 0 aliphatic rings. The lowest BCUT2D eigenvalue weighted by Gasteiger charge is -2.13. The van der Waals surface area contributed by atoms with Gasteiger partial charge in [-0.1, -0.05) is 36.4 Å². The minimum atomic E-state index is -0.160. The molecule has 3 aromatic rings. The Kier molecular flexibility index (Phi) is 4.15. The Morgan fingerprint density at radius 3 is 2.35 bits per heavy atom. The van der Waals surface area contributed by atoms with Crippen molar-refractivity contribution in [3.05, 3.63) is 66.7 Å². The first-order valence-corrected chi connectivity index (χ1v) is 7.37. The van der Waals surface area contributed by atoms with Crippen LogP contribution in [0.4, 0.5) is 10.5 Å². The average molecular weight is 306 g/mol. The molecule has 0 unspecified atom stereocenters. The Bertz CT molecular complexity index is 821. The maximum absolute atomic E-state index is 11.6. The van der Waals surface area contributed by atoms with Crippen LogP contribution in [0.15, 0.2) is 66.7 Å². The molecule has 2 amide bonds. The maximum Gasteiger partial charge on any atom is 0.321 e. The lowest BCUT2D eigenvalue weighted by Crippen LogP contribution is -2.27. The van der Waals surface area contributed by atoms with Gasteiger partial charge in [-0.25, -0.2) is 4.79 Å². The van der Waals surface area contributed by atoms with Gasteiger partial charge >= 0.3 is 6.03 Å². The van der Waals surface area contributed by atoms with Crippen molar-refractivity contribution in [1.82, 2.24) is 4.90 Å². The van der Waals surface area contributed by atoms with Gasteiger partial charge in [-0.2, -0.15) is 0 Å². The first-order chi connectivity index (χ1) is 11.1. The summed E-state index contributed by atoms with van der Waals surface area (Å²) in [5, 5.41) is 5.00. The Morgan fingerprint density at radius 1 is 0.913 bits per heavy atom. The summed E-state index contributed by atoms with van der Waals surface area (Å²) in [7, 11) is 3.40. The molecule has 0 radical (unpaired) electrons. The van der Waals surface area contributed by atoms with Crippen molar-refractivity contribution in [2.45, 2.75) is 0 Å². The van der Waals surface area contributed by atoms with Crippen molar-refractivity contribution < 1.29 is 9.53 Å². The molecule has 0 atom stereocenters. The summed E-state index contributed by atoms with van der Waals surface area (Å²) in [6.07, 6.45) is 0. The van der Waals surface area contributed by atoms with E-state index in [9.17, 15) is 4.79 Å². The van der Waals surface area contributed by atoms with Crippen LogP contribution in [0, 0.1) is 0 Å². The lowest BCUT2D eigenvalue weighted by atomic mass is 10.1. The first-order valence-electron chi connectivity index (χ1n) is 7.37. The van der Waals surface area contributed by atoms with Crippen LogP contribution in [-0.4, -0.2) is 25.0 Å². The number of amides is 2. The van der Waals surface area contributed by atoms with Gasteiger partial charge in [0, 0.05) is 25.2 Å². The maximum atomic E-state index is 11.6. The van der Waals surface area contributed by atoms with Gasteiger partial charge in [0.2, 0.25) is 0 Å². The Labute approximate surface area is 135 Å². The molecule has 0 saturated carbocycles. The highest BCUT2D eigenvalue weighted by Gasteiger charge is 2.05. The highest BCUT2D eigenvalue weighted by Crippen LogP contribution is 2.30. The number of anilines is 1. The summed E-state index contributed by atoms with van der Waals surface area (Å²) in [5.41, 5.74) is 0.731. The number of hydrogen-bond acceptors (Lipinski definition) is 2. The lowest BCUT2D eigenvalue weighted by molar-refractivity contribution is 0.230. The van der Waals surface area contributed by atoms with Crippen LogP contribution in [0.3, 0.4) is 0 Å². The molecular weight excluding hydrogens is 288 g/mol. The molecule has 0 fully saturated rings. The van der Waals surface area contributed by atoms with Crippen LogP contribution >= 0.6 is 0 Å². The second kappa shape index (κ2) is 6.40. The van der Waals surface area contributed by atoms with Crippen LogP contribution in [0.5, 0.6) is 11.5 Å². The average Bonchev–Trinajstić information content (AvgIpc) is 2.57. The summed E-state index contributed by atoms with van der Waals surface area (Å²) in [6, 6.07) is 21.2. The Hall–Kier alpha value is -3.01. The van der Waals surface area contributed by atoms with E-state index in [1.54, 1.807) is 14.1 Å². The fourth-order valence-electron chi connectivity index (χ4n) is 2.25. The third kappa shape index (κ3) is 3.43. The van der Waals surface area contributed by atoms with E-state index in [1.807, 2.05) is 54.6 Å². The van der Waals surface area contributed by atoms with E-state index in [2.05, 4.69) is 17.4 Å². The van der Waals surface area contributed by atoms with Crippen molar-refractivity contribution in [1.29, 1.82) is 0 Å². The van der Waals surface area contributed by atoms with Gasteiger partial charge in [-0.05, 0) is 35.7 Å². The number of hydrogen-bond donors (Lipinski definition) is 1. The molecule has 0 aliphatic carbocycles. The van der Waals surface area contributed by atoms with Gasteiger partial charge in [0.15, 0.2) is 0 Å². The van der Waals surface area contributed by atoms with Gasteiger partial charge < -0.3 is 15.0 Å². The highest BCUT2D eigenvalue weighted by atomic mass is 16.5. The highest BCUT2D eigenvalue weighted by molar-refractivity contribution is 5.89. The van der Waals surface area contributed by atoms with Crippen LogP contribution in [0.2, 0.25) is 0 Å². The third-order valence-corrected chi connectivity index (χ3v) is 3.49. The van der Waals surface area contributed by atoms with Gasteiger partial charge in [-0.3, -0.25) is 0 Å². The summed E-state index contributed by atoms with van der Waals surface area (Å²) < 4.78 is 5.98. The van der Waals surface area contributed by atoms with E-state index in [4.69, 9.17) is 4.74 Å². The molecule has 3 aromatic carbocycles. The fourth-order valence-corrected chi connectivity index (χ4v) is 2.25. The van der Waals surface area contributed by atoms with E-state index in [0.29, 0.717) is 0 Å². The predicted octanol–water partition coefficient (Wildman–Crippen LogP) is 4.73. The molecule has 1 N–H and O–H groups in total. The van der Waals surface area contributed by atoms with E-state index in [-0.39, 0.29) is 6.03 Å². The quantitative estimate of drug-likeness (QED) is 0.760. The number of nitrogens with zero attached hydrogens (tertiary/aromatic N) is 1. The van der Waals surface area contributed by atoms with Crippen LogP contribution < -0.4 is 10.1 Å². The zero-order valence-corrected chi connectivity index (χ0v) is 13.1. The van der Waals surface area contributed by atoms with Crippen molar-refractivity contribution >= 4 is 22.5 Å². The fraction of sp³-hybridized carbons (Fsp3) is 0.105. The predicted molar refractivity (Wildman–Crippen MR) is 93.2 cm³/mol. The van der Waals surface area contributed by atoms with E-state index >= 15 is 0 Å². The monoisotopic (exact) mass is 306 g/mol. The molecular formula is C19H18N2O2. The van der Waals surface area contributed by atoms with Gasteiger partial charge in [0.05, 0.1) is 0 Å². The van der Waals surface area contributed by atoms with Crippen molar-refractivity contribution in [3.8, 4) is 11.5 Å². The standard InChI is InChI=1S/C19H18N2O2/c1-21(2)19(22)20-15-10-12-16(13-11-15)23-18-9-5-7-14-6-3-4-8-17(14)18/h3-13H,1-2H3,(H,20,22). The molecule has 116 valence electrons. The number of rotatable bonds is 3. The van der Waals surface area contributed by atoms with E-state index in [0.717, 1.165) is 28.0 Å². The third-order valence-electron chi connectivity index (χ3n) is 3.49. The van der Waals surface area contributed by atoms with E-state index in [1.165, 1.54) is 4.90 Å². The topological polar surface area (TPSA) is 41.6 Å². The zero-order chi connectivity index (χ0) is 16.2. The van der Waals surface area contributed by atoms with Crippen molar-refractivity contribution in [2.24, 2.45) is 0 Å². The summed E-state index contributed by atoms with van der Waals surface area (Å²) >= 11 is 0. The summed E-state index contributed by atoms with van der Waals surface area (Å²) in [4.78, 5) is 13.1. The number of benzene rings is 3. The SMILES string of the molecule is CN(C)C(=O)Nc1ccc(Oc2cccc3ccccc23)cc1. The summed E-state index contributed by atoms with van der Waals surface area (Å²) in [6.45, 7) is 0. The van der Waals surface area contributed by atoms with Gasteiger partial charge in [0.25, 0.3) is 0 Å². The van der Waals surface area contributed by atoms with Crippen LogP contribution in [0.25, 0.3) is 10.8 Å². The number of carbonyl (C=O) groups is 1.